The van der Waals surface area contributed by atoms with Crippen LogP contribution in [0.3, 0.4) is 0 Å². The highest BCUT2D eigenvalue weighted by atomic mass is 16.5. The van der Waals surface area contributed by atoms with E-state index < -0.39 is 5.97 Å². The highest BCUT2D eigenvalue weighted by Gasteiger charge is 2.23. The summed E-state index contributed by atoms with van der Waals surface area (Å²) < 4.78 is 22.2. The van der Waals surface area contributed by atoms with E-state index in [1.54, 1.807) is 6.07 Å². The Bertz CT molecular complexity index is 768. The van der Waals surface area contributed by atoms with Crippen LogP contribution in [0.15, 0.2) is 30.3 Å². The second kappa shape index (κ2) is 6.70. The first-order valence-electron chi connectivity index (χ1n) is 7.54. The average molecular weight is 330 g/mol. The van der Waals surface area contributed by atoms with Crippen molar-refractivity contribution in [3.8, 4) is 34.1 Å². The fourth-order valence-corrected chi connectivity index (χ4v) is 2.70. The van der Waals surface area contributed by atoms with Gasteiger partial charge in [0.25, 0.3) is 0 Å². The second-order valence-electron chi connectivity index (χ2n) is 5.24. The molecule has 0 aliphatic carbocycles. The second-order valence-corrected chi connectivity index (χ2v) is 5.24. The number of hydrogen-bond acceptors (Lipinski definition) is 5. The number of benzene rings is 2. The Morgan fingerprint density at radius 2 is 1.88 bits per heavy atom. The van der Waals surface area contributed by atoms with Gasteiger partial charge in [0.1, 0.15) is 17.1 Å². The molecule has 1 aliphatic heterocycles. The molecule has 6 heteroatoms. The van der Waals surface area contributed by atoms with Crippen molar-refractivity contribution in [3.63, 3.8) is 0 Å². The maximum Gasteiger partial charge on any atom is 0.339 e. The topological polar surface area (TPSA) is 74.2 Å². The molecule has 0 saturated heterocycles. The van der Waals surface area contributed by atoms with Crippen LogP contribution in [0.5, 0.6) is 23.0 Å². The molecule has 126 valence electrons. The van der Waals surface area contributed by atoms with Crippen molar-refractivity contribution < 1.29 is 28.8 Å². The summed E-state index contributed by atoms with van der Waals surface area (Å²) in [6, 6.07) is 8.67. The van der Waals surface area contributed by atoms with Gasteiger partial charge in [0.05, 0.1) is 27.4 Å². The van der Waals surface area contributed by atoms with Crippen LogP contribution in [-0.2, 0) is 0 Å². The molecule has 0 spiro atoms. The predicted octanol–water partition coefficient (Wildman–Crippen LogP) is 3.23. The molecule has 1 N–H and O–H groups in total. The monoisotopic (exact) mass is 330 g/mol. The fourth-order valence-electron chi connectivity index (χ4n) is 2.70. The van der Waals surface area contributed by atoms with Crippen molar-refractivity contribution in [2.24, 2.45) is 0 Å². The maximum atomic E-state index is 11.6. The zero-order valence-corrected chi connectivity index (χ0v) is 13.5. The Hall–Kier alpha value is -2.89. The van der Waals surface area contributed by atoms with Crippen molar-refractivity contribution in [2.75, 3.05) is 27.4 Å². The average Bonchev–Trinajstić information content (AvgIpc) is 2.85. The van der Waals surface area contributed by atoms with E-state index in [0.29, 0.717) is 41.6 Å². The van der Waals surface area contributed by atoms with Crippen molar-refractivity contribution in [1.82, 2.24) is 0 Å². The third kappa shape index (κ3) is 2.82. The number of rotatable bonds is 4. The summed E-state index contributed by atoms with van der Waals surface area (Å²) in [5.41, 5.74) is 1.31. The maximum absolute atomic E-state index is 11.6. The van der Waals surface area contributed by atoms with Gasteiger partial charge in [-0.05, 0) is 18.2 Å². The number of methoxy groups -OCH3 is 2. The van der Waals surface area contributed by atoms with E-state index in [1.807, 2.05) is 18.2 Å². The van der Waals surface area contributed by atoms with E-state index in [9.17, 15) is 9.90 Å². The lowest BCUT2D eigenvalue weighted by molar-refractivity contribution is 0.0693. The molecule has 0 aromatic heterocycles. The van der Waals surface area contributed by atoms with Gasteiger partial charge in [0, 0.05) is 17.5 Å². The molecule has 1 aliphatic rings. The predicted molar refractivity (Wildman–Crippen MR) is 87.5 cm³/mol. The zero-order chi connectivity index (χ0) is 17.1. The third-order valence-electron chi connectivity index (χ3n) is 3.79. The van der Waals surface area contributed by atoms with Crippen LogP contribution in [0.25, 0.3) is 11.1 Å². The van der Waals surface area contributed by atoms with Gasteiger partial charge in [-0.3, -0.25) is 0 Å². The summed E-state index contributed by atoms with van der Waals surface area (Å²) in [5, 5.41) is 9.48. The van der Waals surface area contributed by atoms with Gasteiger partial charge >= 0.3 is 5.97 Å². The molecule has 1 heterocycles. The normalized spacial score (nSPS) is 13.1. The molecule has 6 nitrogen and oxygen atoms in total. The summed E-state index contributed by atoms with van der Waals surface area (Å²) in [4.78, 5) is 11.6. The third-order valence-corrected chi connectivity index (χ3v) is 3.79. The van der Waals surface area contributed by atoms with Crippen LogP contribution >= 0.6 is 0 Å². The number of aromatic carboxylic acids is 1. The van der Waals surface area contributed by atoms with E-state index in [-0.39, 0.29) is 11.3 Å². The molecular weight excluding hydrogens is 312 g/mol. The molecule has 0 amide bonds. The Balaban J connectivity index is 2.26. The minimum Gasteiger partial charge on any atom is -0.497 e. The van der Waals surface area contributed by atoms with Crippen LogP contribution in [0.1, 0.15) is 16.8 Å². The minimum absolute atomic E-state index is 0.0268. The molecule has 0 saturated carbocycles. The van der Waals surface area contributed by atoms with Crippen LogP contribution in [0.4, 0.5) is 0 Å². The molecular formula is C18H18O6. The van der Waals surface area contributed by atoms with Gasteiger partial charge in [-0.2, -0.15) is 0 Å². The molecule has 0 atom stereocenters. The lowest BCUT2D eigenvalue weighted by Gasteiger charge is -2.17. The standard InChI is InChI=1S/C18H18O6/c1-21-11-9-13(16(22-2)14(10-11)18(19)20)12-5-3-6-15-17(12)24-8-4-7-23-15/h3,5-6,9-10H,4,7-8H2,1-2H3,(H,19,20). The molecule has 3 rings (SSSR count). The molecule has 0 bridgehead atoms. The lowest BCUT2D eigenvalue weighted by atomic mass is 9.99. The van der Waals surface area contributed by atoms with Gasteiger partial charge < -0.3 is 24.1 Å². The number of ether oxygens (including phenoxy) is 4. The summed E-state index contributed by atoms with van der Waals surface area (Å²) in [6.45, 7) is 1.11. The van der Waals surface area contributed by atoms with Crippen molar-refractivity contribution >= 4 is 5.97 Å². The first kappa shape index (κ1) is 16.0. The molecule has 2 aromatic carbocycles. The van der Waals surface area contributed by atoms with Crippen LogP contribution in [0.2, 0.25) is 0 Å². The zero-order valence-electron chi connectivity index (χ0n) is 13.5. The van der Waals surface area contributed by atoms with Crippen LogP contribution in [0, 0.1) is 0 Å². The van der Waals surface area contributed by atoms with E-state index in [4.69, 9.17) is 18.9 Å². The summed E-state index contributed by atoms with van der Waals surface area (Å²) in [6.07, 6.45) is 0.781. The van der Waals surface area contributed by atoms with E-state index in [1.165, 1.54) is 20.3 Å². The van der Waals surface area contributed by atoms with E-state index >= 15 is 0 Å². The fraction of sp³-hybridized carbons (Fsp3) is 0.278. The quantitative estimate of drug-likeness (QED) is 0.928. The van der Waals surface area contributed by atoms with E-state index in [2.05, 4.69) is 0 Å². The Kier molecular flexibility index (Phi) is 4.46. The SMILES string of the molecule is COc1cc(C(=O)O)c(OC)c(-c2cccc3c2OCCCO3)c1. The van der Waals surface area contributed by atoms with Gasteiger partial charge in [-0.15, -0.1) is 0 Å². The number of carbonyl (C=O) groups is 1. The molecule has 0 unspecified atom stereocenters. The van der Waals surface area contributed by atoms with Crippen molar-refractivity contribution in [2.45, 2.75) is 6.42 Å². The number of para-hydroxylation sites is 1. The van der Waals surface area contributed by atoms with Gasteiger partial charge in [-0.1, -0.05) is 12.1 Å². The van der Waals surface area contributed by atoms with Crippen molar-refractivity contribution in [3.05, 3.63) is 35.9 Å². The van der Waals surface area contributed by atoms with Crippen molar-refractivity contribution in [1.29, 1.82) is 0 Å². The largest absolute Gasteiger partial charge is 0.497 e. The molecule has 24 heavy (non-hydrogen) atoms. The number of fused-ring (bicyclic) bond motifs is 1. The highest BCUT2D eigenvalue weighted by Crippen LogP contribution is 2.45. The number of hydrogen-bond donors (Lipinski definition) is 1. The first-order chi connectivity index (χ1) is 11.7. The summed E-state index contributed by atoms with van der Waals surface area (Å²) in [5.74, 6) is 0.802. The van der Waals surface area contributed by atoms with Crippen LogP contribution in [-0.4, -0.2) is 38.5 Å². The first-order valence-corrected chi connectivity index (χ1v) is 7.54. The molecule has 0 radical (unpaired) electrons. The number of carboxylic acids is 1. The van der Waals surface area contributed by atoms with Crippen LogP contribution < -0.4 is 18.9 Å². The van der Waals surface area contributed by atoms with Gasteiger partial charge in [0.15, 0.2) is 11.5 Å². The van der Waals surface area contributed by atoms with Gasteiger partial charge in [0.2, 0.25) is 0 Å². The minimum atomic E-state index is -1.09. The smallest absolute Gasteiger partial charge is 0.339 e. The molecule has 2 aromatic rings. The molecule has 0 fully saturated rings. The Morgan fingerprint density at radius 3 is 2.58 bits per heavy atom. The summed E-state index contributed by atoms with van der Waals surface area (Å²) in [7, 11) is 2.93. The highest BCUT2D eigenvalue weighted by molar-refractivity contribution is 5.96. The Labute approximate surface area is 139 Å². The summed E-state index contributed by atoms with van der Waals surface area (Å²) >= 11 is 0. The van der Waals surface area contributed by atoms with E-state index in [0.717, 1.165) is 6.42 Å². The Morgan fingerprint density at radius 1 is 1.08 bits per heavy atom. The number of carboxylic acid groups (broad SMARTS) is 1. The lowest BCUT2D eigenvalue weighted by Crippen LogP contribution is -2.04. The van der Waals surface area contributed by atoms with Gasteiger partial charge in [-0.25, -0.2) is 4.79 Å².